The minimum Gasteiger partial charge on any atom is -0.374 e. The second kappa shape index (κ2) is 4.65. The fourth-order valence-corrected chi connectivity index (χ4v) is 1.63. The van der Waals surface area contributed by atoms with E-state index in [1.54, 1.807) is 0 Å². The lowest BCUT2D eigenvalue weighted by atomic mass is 10.2. The molecule has 2 N–H and O–H groups in total. The van der Waals surface area contributed by atoms with Crippen molar-refractivity contribution in [2.45, 2.75) is 5.51 Å². The summed E-state index contributed by atoms with van der Waals surface area (Å²) in [5.74, 6) is -1.62. The Hall–Kier alpha value is -1.48. The number of nitrogens with two attached hydrogens (primary N) is 1. The van der Waals surface area contributed by atoms with Crippen LogP contribution in [0.3, 0.4) is 0 Å². The summed E-state index contributed by atoms with van der Waals surface area (Å²) in [4.78, 5) is 10.7. The number of carbonyl (C=O) groups is 1. The Kier molecular flexibility index (Phi) is 3.77. The number of hydrogen-bond donors (Lipinski definition) is 1. The predicted molar refractivity (Wildman–Crippen MR) is 55.6 cm³/mol. The molecule has 0 radical (unpaired) electrons. The van der Waals surface area contributed by atoms with E-state index in [1.165, 1.54) is 0 Å². The zero-order valence-corrected chi connectivity index (χ0v) is 9.93. The lowest BCUT2D eigenvalue weighted by Gasteiger charge is -2.10. The smallest absolute Gasteiger partial charge is 0.374 e. The third-order valence-electron chi connectivity index (χ3n) is 1.70. The van der Waals surface area contributed by atoms with Crippen molar-refractivity contribution in [2.24, 2.45) is 5.73 Å². The summed E-state index contributed by atoms with van der Waals surface area (Å²) in [6.07, 6.45) is 0. The molecule has 1 amide bonds. The van der Waals surface area contributed by atoms with Crippen LogP contribution in [0.2, 0.25) is 5.02 Å². The molecule has 10 heteroatoms. The minimum absolute atomic E-state index is 0.100. The Labute approximate surface area is 104 Å². The Morgan fingerprint density at radius 1 is 1.33 bits per heavy atom. The zero-order valence-electron chi connectivity index (χ0n) is 8.36. The first kappa shape index (κ1) is 14.6. The number of primary amides is 1. The van der Waals surface area contributed by atoms with Crippen molar-refractivity contribution in [1.82, 2.24) is 0 Å². The number of alkyl halides is 3. The Morgan fingerprint density at radius 3 is 2.28 bits per heavy atom. The molecule has 0 fully saturated rings. The van der Waals surface area contributed by atoms with Crippen LogP contribution in [0.4, 0.5) is 13.2 Å². The summed E-state index contributed by atoms with van der Waals surface area (Å²) in [7, 11) is -5.81. The van der Waals surface area contributed by atoms with E-state index in [-0.39, 0.29) is 5.56 Å². The molecule has 0 aliphatic carbocycles. The average Bonchev–Trinajstić information content (AvgIpc) is 2.18. The molecule has 18 heavy (non-hydrogen) atoms. The fourth-order valence-electron chi connectivity index (χ4n) is 0.887. The lowest BCUT2D eigenvalue weighted by Crippen LogP contribution is -2.28. The summed E-state index contributed by atoms with van der Waals surface area (Å²) in [6.45, 7) is 0. The number of hydrogen-bond acceptors (Lipinski definition) is 4. The molecule has 0 saturated heterocycles. The normalized spacial score (nSPS) is 12.2. The van der Waals surface area contributed by atoms with E-state index in [4.69, 9.17) is 17.3 Å². The molecule has 0 aliphatic rings. The van der Waals surface area contributed by atoms with Gasteiger partial charge in [0, 0.05) is 5.56 Å². The maximum Gasteiger partial charge on any atom is 0.534 e. The van der Waals surface area contributed by atoms with Gasteiger partial charge in [-0.1, -0.05) is 11.6 Å². The maximum atomic E-state index is 12.0. The van der Waals surface area contributed by atoms with Crippen LogP contribution in [0.15, 0.2) is 18.2 Å². The number of amides is 1. The summed E-state index contributed by atoms with van der Waals surface area (Å²) >= 11 is 5.47. The first-order valence-electron chi connectivity index (χ1n) is 4.15. The number of rotatable bonds is 3. The molecule has 0 heterocycles. The van der Waals surface area contributed by atoms with Crippen LogP contribution in [-0.2, 0) is 10.1 Å². The number of benzene rings is 1. The quantitative estimate of drug-likeness (QED) is 0.679. The van der Waals surface area contributed by atoms with E-state index in [1.807, 2.05) is 0 Å². The van der Waals surface area contributed by atoms with Gasteiger partial charge < -0.3 is 9.92 Å². The van der Waals surface area contributed by atoms with Gasteiger partial charge in [0.2, 0.25) is 5.91 Å². The van der Waals surface area contributed by atoms with E-state index in [0.717, 1.165) is 18.2 Å². The fraction of sp³-hybridized carbons (Fsp3) is 0.125. The molecule has 5 nitrogen and oxygen atoms in total. The van der Waals surface area contributed by atoms with Gasteiger partial charge >= 0.3 is 15.6 Å². The molecule has 0 unspecified atom stereocenters. The van der Waals surface area contributed by atoms with Crippen LogP contribution < -0.4 is 9.92 Å². The number of halogens is 4. The SMILES string of the molecule is NC(=O)c1ccc(OS(=O)(=O)C(F)(F)F)c(Cl)c1. The van der Waals surface area contributed by atoms with Crippen molar-refractivity contribution in [3.8, 4) is 5.75 Å². The second-order valence-corrected chi connectivity index (χ2v) is 4.94. The number of carbonyl (C=O) groups excluding carboxylic acids is 1. The van der Waals surface area contributed by atoms with Gasteiger partial charge in [-0.3, -0.25) is 4.79 Å². The van der Waals surface area contributed by atoms with Crippen LogP contribution in [0.25, 0.3) is 0 Å². The molecular weight excluding hydrogens is 299 g/mol. The van der Waals surface area contributed by atoms with E-state index in [2.05, 4.69) is 4.18 Å². The van der Waals surface area contributed by atoms with E-state index in [9.17, 15) is 26.4 Å². The van der Waals surface area contributed by atoms with Gasteiger partial charge in [-0.25, -0.2) is 0 Å². The molecule has 0 spiro atoms. The van der Waals surface area contributed by atoms with Crippen LogP contribution in [0.1, 0.15) is 10.4 Å². The van der Waals surface area contributed by atoms with Gasteiger partial charge in [0.05, 0.1) is 5.02 Å². The summed E-state index contributed by atoms with van der Waals surface area (Å²) in [6, 6.07) is 2.67. The molecular formula is C8H5ClF3NO4S. The van der Waals surface area contributed by atoms with Crippen molar-refractivity contribution in [3.05, 3.63) is 28.8 Å². The molecule has 0 saturated carbocycles. The first-order valence-corrected chi connectivity index (χ1v) is 5.93. The van der Waals surface area contributed by atoms with Crippen LogP contribution in [0, 0.1) is 0 Å². The Morgan fingerprint density at radius 2 is 1.89 bits per heavy atom. The lowest BCUT2D eigenvalue weighted by molar-refractivity contribution is -0.0500. The highest BCUT2D eigenvalue weighted by atomic mass is 35.5. The van der Waals surface area contributed by atoms with Gasteiger partial charge in [-0.15, -0.1) is 0 Å². The highest BCUT2D eigenvalue weighted by Gasteiger charge is 2.48. The summed E-state index contributed by atoms with van der Waals surface area (Å²) < 4.78 is 61.3. The van der Waals surface area contributed by atoms with Crippen molar-refractivity contribution in [1.29, 1.82) is 0 Å². The highest BCUT2D eigenvalue weighted by molar-refractivity contribution is 7.88. The van der Waals surface area contributed by atoms with Crippen LogP contribution in [-0.4, -0.2) is 19.8 Å². The van der Waals surface area contributed by atoms with Crippen molar-refractivity contribution < 1.29 is 30.6 Å². The van der Waals surface area contributed by atoms with E-state index < -0.39 is 32.3 Å². The largest absolute Gasteiger partial charge is 0.534 e. The topological polar surface area (TPSA) is 86.5 Å². The van der Waals surface area contributed by atoms with Crippen LogP contribution >= 0.6 is 11.6 Å². The molecule has 1 rings (SSSR count). The standard InChI is InChI=1S/C8H5ClF3NO4S/c9-5-3-4(7(13)14)1-2-6(5)17-18(15,16)8(10,11)12/h1-3H,(H2,13,14). The second-order valence-electron chi connectivity index (χ2n) is 2.99. The zero-order chi connectivity index (χ0) is 14.1. The molecule has 0 bridgehead atoms. The van der Waals surface area contributed by atoms with Crippen molar-refractivity contribution in [2.75, 3.05) is 0 Å². The molecule has 100 valence electrons. The molecule has 0 aliphatic heterocycles. The van der Waals surface area contributed by atoms with Gasteiger partial charge in [-0.05, 0) is 18.2 Å². The summed E-state index contributed by atoms with van der Waals surface area (Å²) in [5, 5.41) is -0.487. The maximum absolute atomic E-state index is 12.0. The van der Waals surface area contributed by atoms with Crippen LogP contribution in [0.5, 0.6) is 5.75 Å². The van der Waals surface area contributed by atoms with E-state index in [0.29, 0.717) is 0 Å². The predicted octanol–water partition coefficient (Wildman–Crippen LogP) is 1.67. The Balaban J connectivity index is 3.11. The third-order valence-corrected chi connectivity index (χ3v) is 2.96. The molecule has 1 aromatic carbocycles. The molecule has 0 aromatic heterocycles. The van der Waals surface area contributed by atoms with Gasteiger partial charge in [0.1, 0.15) is 0 Å². The summed E-state index contributed by atoms with van der Waals surface area (Å²) in [5.41, 5.74) is -0.778. The third kappa shape index (κ3) is 3.05. The average molecular weight is 304 g/mol. The van der Waals surface area contributed by atoms with Crippen molar-refractivity contribution >= 4 is 27.6 Å². The first-order chi connectivity index (χ1) is 8.04. The monoisotopic (exact) mass is 303 g/mol. The molecule has 0 atom stereocenters. The van der Waals surface area contributed by atoms with Gasteiger partial charge in [0.25, 0.3) is 0 Å². The molecule has 1 aromatic rings. The van der Waals surface area contributed by atoms with E-state index >= 15 is 0 Å². The Bertz CT molecular complexity index is 584. The minimum atomic E-state index is -5.81. The van der Waals surface area contributed by atoms with Crippen molar-refractivity contribution in [3.63, 3.8) is 0 Å². The van der Waals surface area contributed by atoms with Gasteiger partial charge in [-0.2, -0.15) is 21.6 Å². The van der Waals surface area contributed by atoms with Gasteiger partial charge in [0.15, 0.2) is 5.75 Å². The highest BCUT2D eigenvalue weighted by Crippen LogP contribution is 2.31.